The highest BCUT2D eigenvalue weighted by molar-refractivity contribution is 5.66. The van der Waals surface area contributed by atoms with Crippen molar-refractivity contribution >= 4 is 11.8 Å². The molecule has 1 saturated heterocycles. The van der Waals surface area contributed by atoms with Gasteiger partial charge in [0.1, 0.15) is 6.61 Å². The third-order valence-electron chi connectivity index (χ3n) is 2.70. The van der Waals surface area contributed by atoms with Gasteiger partial charge in [-0.3, -0.25) is 10.1 Å². The second kappa shape index (κ2) is 5.46. The number of nitrogens with two attached hydrogens (primary N) is 1. The van der Waals surface area contributed by atoms with Gasteiger partial charge in [0, 0.05) is 18.6 Å². The van der Waals surface area contributed by atoms with Crippen molar-refractivity contribution in [1.29, 1.82) is 0 Å². The quantitative estimate of drug-likeness (QED) is 0.365. The normalized spacial score (nSPS) is 14.6. The number of carbonyl (C=O) groups excluding carboxylic acids is 1. The summed E-state index contributed by atoms with van der Waals surface area (Å²) in [5.74, 6) is 0. The lowest BCUT2D eigenvalue weighted by Gasteiger charge is -2.11. The van der Waals surface area contributed by atoms with Crippen LogP contribution in [-0.2, 0) is 11.3 Å². The Morgan fingerprint density at radius 1 is 1.44 bits per heavy atom. The smallest absolute Gasteiger partial charge is 0.441 e. The van der Waals surface area contributed by atoms with Gasteiger partial charge in [-0.25, -0.2) is 10.2 Å². The molecule has 0 spiro atoms. The molecule has 1 heterocycles. The molecule has 0 bridgehead atoms. The number of ether oxygens (including phenoxy) is 1. The first-order chi connectivity index (χ1) is 8.66. The average molecular weight is 252 g/mol. The number of hydrogen-bond donors (Lipinski definition) is 1. The van der Waals surface area contributed by atoms with E-state index in [2.05, 4.69) is 0 Å². The molecule has 1 aromatic rings. The Morgan fingerprint density at radius 3 is 2.72 bits per heavy atom. The topological polar surface area (TPSA) is 89.3 Å². The Bertz CT molecular complexity index is 440. The monoisotopic (exact) mass is 252 g/mol. The fraction of sp³-hybridized carbons (Fsp3) is 0.364. The highest BCUT2D eigenvalue weighted by Gasteiger charge is 2.22. The maximum atomic E-state index is 11.6. The zero-order valence-corrected chi connectivity index (χ0v) is 9.74. The van der Waals surface area contributed by atoms with Gasteiger partial charge in [-0.1, -0.05) is 0 Å². The first-order valence-corrected chi connectivity index (χ1v) is 5.67. The molecule has 2 rings (SSSR count). The van der Waals surface area contributed by atoms with E-state index < -0.39 is 4.92 Å². The molecule has 2 N–H and O–H groups in total. The second-order valence-electron chi connectivity index (χ2n) is 4.00. The number of nitro benzene ring substituents is 1. The standard InChI is InChI=1S/C11H13N3O4/c15-11(13-7-1-6-12-13)18-8-9-2-4-10(5-3-9)14(16)17/h2-5,12H,1,6-8H2/p+1. The summed E-state index contributed by atoms with van der Waals surface area (Å²) in [6.45, 7) is 1.72. The van der Waals surface area contributed by atoms with Crippen LogP contribution in [0.5, 0.6) is 0 Å². The SMILES string of the molecule is O=C(OCc1ccc([N+](=O)[O-])cc1)N1CCC[NH2+]1. The highest BCUT2D eigenvalue weighted by atomic mass is 16.6. The molecule has 0 aromatic heterocycles. The van der Waals surface area contributed by atoms with Crippen LogP contribution in [0.2, 0.25) is 0 Å². The van der Waals surface area contributed by atoms with Crippen LogP contribution in [0.1, 0.15) is 12.0 Å². The van der Waals surface area contributed by atoms with Gasteiger partial charge in [0.15, 0.2) is 0 Å². The number of hydrogen-bond acceptors (Lipinski definition) is 4. The van der Waals surface area contributed by atoms with Gasteiger partial charge < -0.3 is 4.74 Å². The minimum absolute atomic E-state index is 0.0259. The first kappa shape index (κ1) is 12.3. The van der Waals surface area contributed by atoms with Crippen molar-refractivity contribution in [2.24, 2.45) is 0 Å². The van der Waals surface area contributed by atoms with Crippen LogP contribution in [0.15, 0.2) is 24.3 Å². The summed E-state index contributed by atoms with van der Waals surface area (Å²) in [6, 6.07) is 5.95. The van der Waals surface area contributed by atoms with E-state index in [1.54, 1.807) is 17.1 Å². The van der Waals surface area contributed by atoms with Crippen molar-refractivity contribution in [3.8, 4) is 0 Å². The lowest BCUT2D eigenvalue weighted by Crippen LogP contribution is -2.91. The fourth-order valence-corrected chi connectivity index (χ4v) is 1.71. The third-order valence-corrected chi connectivity index (χ3v) is 2.70. The number of non-ortho nitro benzene ring substituents is 1. The Balaban J connectivity index is 1.86. The number of nitrogens with zero attached hydrogens (tertiary/aromatic N) is 2. The molecule has 0 atom stereocenters. The van der Waals surface area contributed by atoms with E-state index >= 15 is 0 Å². The Morgan fingerprint density at radius 2 is 2.17 bits per heavy atom. The Kier molecular flexibility index (Phi) is 3.73. The van der Waals surface area contributed by atoms with Gasteiger partial charge in [-0.05, 0) is 17.7 Å². The second-order valence-corrected chi connectivity index (χ2v) is 4.00. The molecule has 0 unspecified atom stereocenters. The highest BCUT2D eigenvalue weighted by Crippen LogP contribution is 2.12. The van der Waals surface area contributed by atoms with Gasteiger partial charge in [-0.15, -0.1) is 0 Å². The van der Waals surface area contributed by atoms with Crippen LogP contribution in [0.25, 0.3) is 0 Å². The number of carbonyl (C=O) groups is 1. The molecule has 7 nitrogen and oxygen atoms in total. The largest absolute Gasteiger partial charge is 0.454 e. The van der Waals surface area contributed by atoms with Crippen molar-refractivity contribution in [3.05, 3.63) is 39.9 Å². The van der Waals surface area contributed by atoms with Gasteiger partial charge in [0.25, 0.3) is 5.69 Å². The average Bonchev–Trinajstić information content (AvgIpc) is 2.90. The maximum Gasteiger partial charge on any atom is 0.454 e. The van der Waals surface area contributed by atoms with Crippen LogP contribution in [0.3, 0.4) is 0 Å². The van der Waals surface area contributed by atoms with E-state index in [0.29, 0.717) is 6.54 Å². The summed E-state index contributed by atoms with van der Waals surface area (Å²) in [6.07, 6.45) is 0.595. The zero-order chi connectivity index (χ0) is 13.0. The predicted molar refractivity (Wildman–Crippen MR) is 61.4 cm³/mol. The van der Waals surface area contributed by atoms with Crippen molar-refractivity contribution in [1.82, 2.24) is 5.01 Å². The molecule has 1 aliphatic rings. The number of benzene rings is 1. The molecule has 96 valence electrons. The molecule has 18 heavy (non-hydrogen) atoms. The Labute approximate surface area is 103 Å². The molecule has 1 aromatic carbocycles. The van der Waals surface area contributed by atoms with E-state index in [0.717, 1.165) is 18.5 Å². The van der Waals surface area contributed by atoms with E-state index in [-0.39, 0.29) is 18.4 Å². The molecule has 0 saturated carbocycles. The summed E-state index contributed by atoms with van der Waals surface area (Å²) in [5.41, 5.74) is 2.57. The first-order valence-electron chi connectivity index (χ1n) is 5.67. The van der Waals surface area contributed by atoms with Gasteiger partial charge in [-0.2, -0.15) is 5.01 Å². The number of amides is 1. The van der Waals surface area contributed by atoms with Crippen LogP contribution >= 0.6 is 0 Å². The van der Waals surface area contributed by atoms with Crippen molar-refractivity contribution in [3.63, 3.8) is 0 Å². The van der Waals surface area contributed by atoms with Crippen LogP contribution in [-0.4, -0.2) is 29.1 Å². The molecule has 7 heteroatoms. The van der Waals surface area contributed by atoms with Crippen molar-refractivity contribution in [2.45, 2.75) is 13.0 Å². The van der Waals surface area contributed by atoms with Gasteiger partial charge in [0.05, 0.1) is 18.0 Å². The molecular formula is C11H14N3O4+. The molecule has 0 radical (unpaired) electrons. The van der Waals surface area contributed by atoms with E-state index in [4.69, 9.17) is 4.74 Å². The minimum Gasteiger partial charge on any atom is -0.441 e. The molecule has 0 aliphatic carbocycles. The Hall–Kier alpha value is -2.15. The van der Waals surface area contributed by atoms with Crippen molar-refractivity contribution in [2.75, 3.05) is 13.1 Å². The number of nitro groups is 1. The molecule has 1 aliphatic heterocycles. The summed E-state index contributed by atoms with van der Waals surface area (Å²) in [5, 5.41) is 12.0. The number of rotatable bonds is 3. The summed E-state index contributed by atoms with van der Waals surface area (Å²) >= 11 is 0. The van der Waals surface area contributed by atoms with Crippen molar-refractivity contribution < 1.29 is 19.9 Å². The minimum atomic E-state index is -0.463. The molecule has 1 fully saturated rings. The number of quaternary nitrogens is 1. The zero-order valence-electron chi connectivity index (χ0n) is 9.74. The van der Waals surface area contributed by atoms with Gasteiger partial charge >= 0.3 is 6.09 Å². The molecule has 1 amide bonds. The van der Waals surface area contributed by atoms with E-state index in [9.17, 15) is 14.9 Å². The summed E-state index contributed by atoms with van der Waals surface area (Å²) in [7, 11) is 0. The van der Waals surface area contributed by atoms with E-state index in [1.807, 2.05) is 5.43 Å². The lowest BCUT2D eigenvalue weighted by atomic mass is 10.2. The van der Waals surface area contributed by atoms with Crippen LogP contribution < -0.4 is 5.43 Å². The fourth-order valence-electron chi connectivity index (χ4n) is 1.71. The van der Waals surface area contributed by atoms with Crippen LogP contribution in [0.4, 0.5) is 10.5 Å². The summed E-state index contributed by atoms with van der Waals surface area (Å²) in [4.78, 5) is 21.6. The van der Waals surface area contributed by atoms with Gasteiger partial charge in [0.2, 0.25) is 0 Å². The third kappa shape index (κ3) is 2.95. The predicted octanol–water partition coefficient (Wildman–Crippen LogP) is 0.415. The molecular weight excluding hydrogens is 238 g/mol. The lowest BCUT2D eigenvalue weighted by molar-refractivity contribution is -0.766. The summed E-state index contributed by atoms with van der Waals surface area (Å²) < 4.78 is 5.10. The van der Waals surface area contributed by atoms with Crippen LogP contribution in [0, 0.1) is 10.1 Å². The maximum absolute atomic E-state index is 11.6. The van der Waals surface area contributed by atoms with E-state index in [1.165, 1.54) is 12.1 Å².